The van der Waals surface area contributed by atoms with Gasteiger partial charge in [0, 0.05) is 13.2 Å². The van der Waals surface area contributed by atoms with E-state index in [2.05, 4.69) is 38.8 Å². The molecule has 8 heteroatoms. The van der Waals surface area contributed by atoms with E-state index >= 15 is 0 Å². The van der Waals surface area contributed by atoms with E-state index in [1.807, 2.05) is 53.9 Å². The molecule has 0 radical (unpaired) electrons. The Hall–Kier alpha value is -2.36. The third-order valence-electron chi connectivity index (χ3n) is 3.91. The predicted molar refractivity (Wildman–Crippen MR) is 118 cm³/mol. The van der Waals surface area contributed by atoms with Gasteiger partial charge in [-0.3, -0.25) is 9.39 Å². The van der Waals surface area contributed by atoms with Crippen LogP contribution in [0.4, 0.5) is 0 Å². The summed E-state index contributed by atoms with van der Waals surface area (Å²) in [7, 11) is 1.74. The van der Waals surface area contributed by atoms with Crippen molar-refractivity contribution in [3.8, 4) is 5.75 Å². The number of rotatable bonds is 6. The van der Waals surface area contributed by atoms with Gasteiger partial charge in [0.2, 0.25) is 0 Å². The van der Waals surface area contributed by atoms with Gasteiger partial charge in [-0.15, -0.1) is 34.2 Å². The molecule has 7 nitrogen and oxygen atoms in total. The summed E-state index contributed by atoms with van der Waals surface area (Å²) in [5.41, 5.74) is 2.01. The van der Waals surface area contributed by atoms with Gasteiger partial charge in [0.1, 0.15) is 11.9 Å². The summed E-state index contributed by atoms with van der Waals surface area (Å²) in [6.07, 6.45) is 1.95. The molecule has 0 bridgehead atoms. The van der Waals surface area contributed by atoms with Crippen LogP contribution in [0.15, 0.2) is 53.7 Å². The Morgan fingerprint density at radius 2 is 2.04 bits per heavy atom. The van der Waals surface area contributed by atoms with Crippen LogP contribution in [0, 0.1) is 6.92 Å². The quantitative estimate of drug-likeness (QED) is 0.323. The maximum atomic E-state index is 5.93. The molecular formula is C19H25IN6O. The van der Waals surface area contributed by atoms with Gasteiger partial charge in [-0.25, -0.2) is 0 Å². The minimum Gasteiger partial charge on any atom is -0.489 e. The van der Waals surface area contributed by atoms with E-state index in [9.17, 15) is 0 Å². The first-order valence-electron chi connectivity index (χ1n) is 8.62. The fourth-order valence-corrected chi connectivity index (χ4v) is 2.60. The van der Waals surface area contributed by atoms with E-state index in [1.54, 1.807) is 7.05 Å². The Morgan fingerprint density at radius 3 is 2.81 bits per heavy atom. The molecule has 0 spiro atoms. The van der Waals surface area contributed by atoms with E-state index < -0.39 is 0 Å². The van der Waals surface area contributed by atoms with Gasteiger partial charge in [-0.2, -0.15) is 0 Å². The Labute approximate surface area is 176 Å². The molecule has 0 saturated carbocycles. The molecule has 2 heterocycles. The first-order chi connectivity index (χ1) is 12.7. The Bertz CT molecular complexity index is 895. The van der Waals surface area contributed by atoms with Crippen LogP contribution in [0.25, 0.3) is 5.65 Å². The fraction of sp³-hybridized carbons (Fsp3) is 0.316. The van der Waals surface area contributed by atoms with Crippen LogP contribution in [-0.4, -0.2) is 40.3 Å². The second kappa shape index (κ2) is 10.1. The van der Waals surface area contributed by atoms with E-state index in [0.717, 1.165) is 17.2 Å². The lowest BCUT2D eigenvalue weighted by Crippen LogP contribution is -2.41. The van der Waals surface area contributed by atoms with Crippen LogP contribution in [0.1, 0.15) is 18.3 Å². The van der Waals surface area contributed by atoms with Crippen LogP contribution < -0.4 is 15.4 Å². The molecule has 1 atom stereocenters. The highest BCUT2D eigenvalue weighted by molar-refractivity contribution is 14.0. The number of ether oxygens (including phenoxy) is 1. The first kappa shape index (κ1) is 20.9. The molecule has 1 aromatic carbocycles. The maximum Gasteiger partial charge on any atom is 0.191 e. The third kappa shape index (κ3) is 5.81. The summed E-state index contributed by atoms with van der Waals surface area (Å²) in [4.78, 5) is 4.24. The van der Waals surface area contributed by atoms with Crippen molar-refractivity contribution < 1.29 is 4.74 Å². The van der Waals surface area contributed by atoms with Crippen molar-refractivity contribution in [3.05, 3.63) is 60.0 Å². The topological polar surface area (TPSA) is 75.8 Å². The molecule has 0 aliphatic heterocycles. The fourth-order valence-electron chi connectivity index (χ4n) is 2.60. The molecular weight excluding hydrogens is 455 g/mol. The number of guanidine groups is 1. The third-order valence-corrected chi connectivity index (χ3v) is 3.91. The molecule has 144 valence electrons. The number of benzene rings is 1. The monoisotopic (exact) mass is 480 g/mol. The molecule has 27 heavy (non-hydrogen) atoms. The van der Waals surface area contributed by atoms with E-state index in [4.69, 9.17) is 4.74 Å². The number of aromatic nitrogens is 3. The van der Waals surface area contributed by atoms with Gasteiger partial charge < -0.3 is 15.4 Å². The number of pyridine rings is 1. The number of hydrogen-bond acceptors (Lipinski definition) is 4. The Morgan fingerprint density at radius 1 is 1.19 bits per heavy atom. The summed E-state index contributed by atoms with van der Waals surface area (Å²) in [6.45, 7) is 5.23. The largest absolute Gasteiger partial charge is 0.489 e. The number of halogens is 1. The summed E-state index contributed by atoms with van der Waals surface area (Å²) in [5, 5.41) is 14.9. The number of aliphatic imine (C=N–C) groups is 1. The summed E-state index contributed by atoms with van der Waals surface area (Å²) in [6, 6.07) is 13.9. The average Bonchev–Trinajstić information content (AvgIpc) is 3.05. The van der Waals surface area contributed by atoms with Crippen molar-refractivity contribution in [3.63, 3.8) is 0 Å². The lowest BCUT2D eigenvalue weighted by atomic mass is 10.2. The van der Waals surface area contributed by atoms with Crippen LogP contribution in [-0.2, 0) is 6.54 Å². The SMILES string of the molecule is CN=C(NCc1nnc2ccccn12)NCC(C)Oc1cccc(C)c1.I. The Balaban J connectivity index is 0.00000261. The average molecular weight is 480 g/mol. The van der Waals surface area contributed by atoms with Crippen molar-refractivity contribution in [2.45, 2.75) is 26.5 Å². The molecule has 2 N–H and O–H groups in total. The molecule has 3 aromatic rings. The second-order valence-electron chi connectivity index (χ2n) is 6.10. The first-order valence-corrected chi connectivity index (χ1v) is 8.62. The van der Waals surface area contributed by atoms with E-state index in [0.29, 0.717) is 19.0 Å². The van der Waals surface area contributed by atoms with Crippen molar-refractivity contribution in [2.24, 2.45) is 4.99 Å². The zero-order valence-corrected chi connectivity index (χ0v) is 18.0. The van der Waals surface area contributed by atoms with E-state index in [-0.39, 0.29) is 30.1 Å². The molecule has 1 unspecified atom stereocenters. The van der Waals surface area contributed by atoms with Crippen LogP contribution >= 0.6 is 24.0 Å². The minimum absolute atomic E-state index is 0. The smallest absolute Gasteiger partial charge is 0.191 e. The summed E-state index contributed by atoms with van der Waals surface area (Å²) >= 11 is 0. The van der Waals surface area contributed by atoms with Gasteiger partial charge in [0.15, 0.2) is 17.4 Å². The maximum absolute atomic E-state index is 5.93. The highest BCUT2D eigenvalue weighted by Crippen LogP contribution is 2.13. The summed E-state index contributed by atoms with van der Waals surface area (Å²) in [5.74, 6) is 2.39. The molecule has 0 fully saturated rings. The van der Waals surface area contributed by atoms with Gasteiger partial charge in [-0.1, -0.05) is 18.2 Å². The molecule has 3 rings (SSSR count). The molecule has 0 amide bonds. The lowest BCUT2D eigenvalue weighted by Gasteiger charge is -2.17. The second-order valence-corrected chi connectivity index (χ2v) is 6.10. The molecule has 0 saturated heterocycles. The number of nitrogens with zero attached hydrogens (tertiary/aromatic N) is 4. The zero-order valence-electron chi connectivity index (χ0n) is 15.7. The van der Waals surface area contributed by atoms with Gasteiger partial charge >= 0.3 is 0 Å². The molecule has 2 aromatic heterocycles. The van der Waals surface area contributed by atoms with Gasteiger partial charge in [0.25, 0.3) is 0 Å². The Kier molecular flexibility index (Phi) is 7.83. The molecule has 0 aliphatic carbocycles. The zero-order chi connectivity index (χ0) is 18.4. The number of nitrogens with one attached hydrogen (secondary N) is 2. The van der Waals surface area contributed by atoms with Crippen molar-refractivity contribution >= 4 is 35.6 Å². The molecule has 0 aliphatic rings. The minimum atomic E-state index is 0. The highest BCUT2D eigenvalue weighted by atomic mass is 127. The van der Waals surface area contributed by atoms with Crippen molar-refractivity contribution in [1.29, 1.82) is 0 Å². The normalized spacial score (nSPS) is 12.3. The predicted octanol–water partition coefficient (Wildman–Crippen LogP) is 2.79. The van der Waals surface area contributed by atoms with Crippen LogP contribution in [0.2, 0.25) is 0 Å². The highest BCUT2D eigenvalue weighted by Gasteiger charge is 2.08. The van der Waals surface area contributed by atoms with Gasteiger partial charge in [-0.05, 0) is 43.7 Å². The van der Waals surface area contributed by atoms with Crippen molar-refractivity contribution in [1.82, 2.24) is 25.2 Å². The lowest BCUT2D eigenvalue weighted by molar-refractivity contribution is 0.223. The van der Waals surface area contributed by atoms with E-state index in [1.165, 1.54) is 5.56 Å². The van der Waals surface area contributed by atoms with Crippen LogP contribution in [0.3, 0.4) is 0 Å². The summed E-state index contributed by atoms with van der Waals surface area (Å²) < 4.78 is 7.87. The standard InChI is InChI=1S/C19H24N6O.HI/c1-14-7-6-8-16(11-14)26-15(2)12-21-19(20-3)22-13-18-24-23-17-9-4-5-10-25(17)18;/h4-11,15H,12-13H2,1-3H3,(H2,20,21,22);1H. The van der Waals surface area contributed by atoms with Crippen molar-refractivity contribution in [2.75, 3.05) is 13.6 Å². The number of fused-ring (bicyclic) bond motifs is 1. The van der Waals surface area contributed by atoms with Gasteiger partial charge in [0.05, 0.1) is 13.1 Å². The number of aryl methyl sites for hydroxylation is 1. The number of hydrogen-bond donors (Lipinski definition) is 2. The van der Waals surface area contributed by atoms with Crippen LogP contribution in [0.5, 0.6) is 5.75 Å².